The van der Waals surface area contributed by atoms with Gasteiger partial charge in [0.15, 0.2) is 0 Å². The third-order valence-corrected chi connectivity index (χ3v) is 9.61. The molecule has 1 nitrogen and oxygen atoms in total. The molecular weight excluding hydrogens is 328 g/mol. The lowest BCUT2D eigenvalue weighted by Gasteiger charge is -2.60. The van der Waals surface area contributed by atoms with Crippen LogP contribution in [0.25, 0.3) is 0 Å². The molecular formula is C26H38O. The molecule has 0 saturated heterocycles. The van der Waals surface area contributed by atoms with Crippen LogP contribution in [0.15, 0.2) is 30.3 Å². The van der Waals surface area contributed by atoms with E-state index in [9.17, 15) is 0 Å². The van der Waals surface area contributed by atoms with Gasteiger partial charge in [-0.15, -0.1) is 0 Å². The highest BCUT2D eigenvalue weighted by Crippen LogP contribution is 2.66. The van der Waals surface area contributed by atoms with Crippen molar-refractivity contribution in [3.8, 4) is 0 Å². The van der Waals surface area contributed by atoms with Crippen LogP contribution in [-0.4, -0.2) is 6.61 Å². The molecule has 27 heavy (non-hydrogen) atoms. The highest BCUT2D eigenvalue weighted by atomic mass is 16.5. The van der Waals surface area contributed by atoms with Gasteiger partial charge in [-0.3, -0.25) is 0 Å². The van der Waals surface area contributed by atoms with Crippen molar-refractivity contribution in [3.63, 3.8) is 0 Å². The Morgan fingerprint density at radius 1 is 0.852 bits per heavy atom. The smallest absolute Gasteiger partial charge is 0.0717 e. The molecule has 0 radical (unpaired) electrons. The minimum Gasteiger partial charge on any atom is -0.376 e. The second-order valence-corrected chi connectivity index (χ2v) is 10.7. The lowest BCUT2D eigenvalue weighted by molar-refractivity contribution is -0.125. The van der Waals surface area contributed by atoms with Gasteiger partial charge < -0.3 is 4.74 Å². The van der Waals surface area contributed by atoms with Gasteiger partial charge in [0.05, 0.1) is 13.2 Å². The molecule has 0 N–H and O–H groups in total. The second kappa shape index (κ2) is 7.21. The fourth-order valence-corrected chi connectivity index (χ4v) is 8.29. The van der Waals surface area contributed by atoms with Crippen LogP contribution in [-0.2, 0) is 11.3 Å². The average Bonchev–Trinajstić information content (AvgIpc) is 3.13. The van der Waals surface area contributed by atoms with Crippen LogP contribution in [0.5, 0.6) is 0 Å². The topological polar surface area (TPSA) is 9.23 Å². The summed E-state index contributed by atoms with van der Waals surface area (Å²) in [6, 6.07) is 10.8. The van der Waals surface area contributed by atoms with Crippen molar-refractivity contribution in [2.24, 2.45) is 34.5 Å². The first-order valence-electron chi connectivity index (χ1n) is 11.8. The molecule has 6 atom stereocenters. The molecule has 4 aliphatic carbocycles. The van der Waals surface area contributed by atoms with Crippen molar-refractivity contribution >= 4 is 0 Å². The lowest BCUT2D eigenvalue weighted by Crippen LogP contribution is -2.53. The van der Waals surface area contributed by atoms with E-state index in [1.54, 1.807) is 0 Å². The summed E-state index contributed by atoms with van der Waals surface area (Å²) in [7, 11) is 0. The monoisotopic (exact) mass is 366 g/mol. The van der Waals surface area contributed by atoms with Crippen LogP contribution in [0.1, 0.15) is 83.1 Å². The van der Waals surface area contributed by atoms with Gasteiger partial charge in [-0.1, -0.05) is 56.5 Å². The quantitative estimate of drug-likeness (QED) is 0.557. The zero-order valence-electron chi connectivity index (χ0n) is 17.3. The molecule has 4 fully saturated rings. The third kappa shape index (κ3) is 3.09. The van der Waals surface area contributed by atoms with E-state index >= 15 is 0 Å². The Bertz CT molecular complexity index is 639. The first-order chi connectivity index (χ1) is 13.2. The van der Waals surface area contributed by atoms with E-state index in [0.717, 1.165) is 36.9 Å². The number of hydrogen-bond donors (Lipinski definition) is 0. The minimum absolute atomic E-state index is 0.508. The molecule has 5 rings (SSSR count). The van der Waals surface area contributed by atoms with E-state index in [0.29, 0.717) is 10.8 Å². The molecule has 0 bridgehead atoms. The van der Waals surface area contributed by atoms with E-state index in [-0.39, 0.29) is 0 Å². The Hall–Kier alpha value is -0.820. The molecule has 4 aliphatic rings. The van der Waals surface area contributed by atoms with E-state index < -0.39 is 0 Å². The zero-order valence-corrected chi connectivity index (χ0v) is 17.3. The van der Waals surface area contributed by atoms with Gasteiger partial charge in [0.1, 0.15) is 0 Å². The number of hydrogen-bond acceptors (Lipinski definition) is 1. The van der Waals surface area contributed by atoms with Crippen LogP contribution >= 0.6 is 0 Å². The molecule has 1 aromatic rings. The number of ether oxygens (including phenoxy) is 1. The highest BCUT2D eigenvalue weighted by molar-refractivity contribution is 5.13. The summed E-state index contributed by atoms with van der Waals surface area (Å²) in [5.41, 5.74) is 2.50. The van der Waals surface area contributed by atoms with Crippen LogP contribution in [0.3, 0.4) is 0 Å². The zero-order chi connectivity index (χ0) is 18.3. The van der Waals surface area contributed by atoms with E-state index in [1.165, 1.54) is 76.2 Å². The van der Waals surface area contributed by atoms with Gasteiger partial charge in [-0.25, -0.2) is 0 Å². The maximum atomic E-state index is 6.38. The van der Waals surface area contributed by atoms with Gasteiger partial charge >= 0.3 is 0 Å². The fraction of sp³-hybridized carbons (Fsp3) is 0.769. The summed E-state index contributed by atoms with van der Waals surface area (Å²) in [5, 5.41) is 0. The number of rotatable bonds is 4. The predicted molar refractivity (Wildman–Crippen MR) is 111 cm³/mol. The molecule has 0 spiro atoms. The maximum absolute atomic E-state index is 6.38. The van der Waals surface area contributed by atoms with Crippen molar-refractivity contribution in [3.05, 3.63) is 35.9 Å². The Balaban J connectivity index is 1.30. The van der Waals surface area contributed by atoms with Gasteiger partial charge in [0.25, 0.3) is 0 Å². The van der Waals surface area contributed by atoms with Gasteiger partial charge in [-0.2, -0.15) is 0 Å². The van der Waals surface area contributed by atoms with Gasteiger partial charge in [0.2, 0.25) is 0 Å². The van der Waals surface area contributed by atoms with Crippen LogP contribution in [0.2, 0.25) is 0 Å². The van der Waals surface area contributed by atoms with E-state index in [4.69, 9.17) is 4.74 Å². The van der Waals surface area contributed by atoms with Crippen molar-refractivity contribution in [2.45, 2.75) is 84.2 Å². The molecule has 1 aromatic carbocycles. The average molecular weight is 367 g/mol. The Labute approximate surface area is 166 Å². The predicted octanol–water partition coefficient (Wildman–Crippen LogP) is 7.01. The Kier molecular flexibility index (Phi) is 4.87. The Morgan fingerprint density at radius 2 is 1.74 bits per heavy atom. The summed E-state index contributed by atoms with van der Waals surface area (Å²) >= 11 is 0. The first kappa shape index (κ1) is 18.2. The molecule has 0 heterocycles. The molecule has 1 heteroatoms. The molecule has 0 unspecified atom stereocenters. The van der Waals surface area contributed by atoms with Gasteiger partial charge in [0, 0.05) is 0 Å². The summed E-state index contributed by atoms with van der Waals surface area (Å²) < 4.78 is 6.38. The standard InChI is InChI=1S/C26H38O/c1-25-15-6-5-10-21(25)12-13-22-23(25)14-17-26(16-7-11-24(22)26)19-27-18-20-8-3-2-4-9-20/h2-4,8-9,21-24H,5-7,10-19H2,1H3/t21-,22-,23+,24+,25+,26+/m1/s1. The molecule has 4 saturated carbocycles. The molecule has 0 aliphatic heterocycles. The highest BCUT2D eigenvalue weighted by Gasteiger charge is 2.58. The van der Waals surface area contributed by atoms with Crippen molar-refractivity contribution in [2.75, 3.05) is 6.61 Å². The van der Waals surface area contributed by atoms with Crippen LogP contribution < -0.4 is 0 Å². The fourth-order valence-electron chi connectivity index (χ4n) is 8.29. The SMILES string of the molecule is C[C@]12CCCC[C@@H]1CC[C@H]1[C@@H]3CCC[C@@]3(COCc3ccccc3)CC[C@@H]12. The minimum atomic E-state index is 0.508. The van der Waals surface area contributed by atoms with E-state index in [1.807, 2.05) is 0 Å². The number of benzene rings is 1. The summed E-state index contributed by atoms with van der Waals surface area (Å²) in [6.45, 7) is 4.50. The third-order valence-electron chi connectivity index (χ3n) is 9.61. The maximum Gasteiger partial charge on any atom is 0.0717 e. The Morgan fingerprint density at radius 3 is 2.63 bits per heavy atom. The van der Waals surface area contributed by atoms with Crippen LogP contribution in [0.4, 0.5) is 0 Å². The molecule has 148 valence electrons. The second-order valence-electron chi connectivity index (χ2n) is 10.7. The molecule has 0 amide bonds. The lowest BCUT2D eigenvalue weighted by atomic mass is 9.45. The first-order valence-corrected chi connectivity index (χ1v) is 11.8. The summed E-state index contributed by atoms with van der Waals surface area (Å²) in [5.74, 6) is 4.00. The number of fused-ring (bicyclic) bond motifs is 5. The molecule has 0 aromatic heterocycles. The van der Waals surface area contributed by atoms with Crippen molar-refractivity contribution in [1.29, 1.82) is 0 Å². The van der Waals surface area contributed by atoms with Crippen LogP contribution in [0, 0.1) is 34.5 Å². The van der Waals surface area contributed by atoms with Crippen molar-refractivity contribution < 1.29 is 4.74 Å². The summed E-state index contributed by atoms with van der Waals surface area (Å²) in [6.07, 6.45) is 16.4. The van der Waals surface area contributed by atoms with E-state index in [2.05, 4.69) is 37.3 Å². The van der Waals surface area contributed by atoms with Gasteiger partial charge in [-0.05, 0) is 91.4 Å². The van der Waals surface area contributed by atoms with Crippen molar-refractivity contribution in [1.82, 2.24) is 0 Å². The normalized spacial score (nSPS) is 43.6. The summed E-state index contributed by atoms with van der Waals surface area (Å²) in [4.78, 5) is 0. The largest absolute Gasteiger partial charge is 0.376 e.